The highest BCUT2D eigenvalue weighted by atomic mass is 32.1. The van der Waals surface area contributed by atoms with Gasteiger partial charge in [0.1, 0.15) is 23.5 Å². The third kappa shape index (κ3) is 5.97. The summed E-state index contributed by atoms with van der Waals surface area (Å²) in [6.45, 7) is 6.23. The number of aliphatic hydroxyl groups excluding tert-OH is 1. The summed E-state index contributed by atoms with van der Waals surface area (Å²) < 4.78 is 15.6. The van der Waals surface area contributed by atoms with Crippen molar-refractivity contribution in [2.24, 2.45) is 5.92 Å². The summed E-state index contributed by atoms with van der Waals surface area (Å²) in [4.78, 5) is 30.9. The van der Waals surface area contributed by atoms with Gasteiger partial charge in [-0.1, -0.05) is 37.3 Å². The Balaban J connectivity index is 1.04. The Morgan fingerprint density at radius 1 is 1.02 bits per heavy atom. The van der Waals surface area contributed by atoms with Crippen LogP contribution in [0.5, 0.6) is 0 Å². The van der Waals surface area contributed by atoms with Crippen LogP contribution in [-0.2, 0) is 17.8 Å². The summed E-state index contributed by atoms with van der Waals surface area (Å²) in [7, 11) is 2.01. The predicted molar refractivity (Wildman–Crippen MR) is 180 cm³/mol. The Labute approximate surface area is 272 Å². The van der Waals surface area contributed by atoms with Crippen LogP contribution in [0.4, 0.5) is 21.0 Å². The molecule has 2 fully saturated rings. The van der Waals surface area contributed by atoms with Gasteiger partial charge in [-0.15, -0.1) is 11.3 Å². The highest BCUT2D eigenvalue weighted by Crippen LogP contribution is 2.35. The molecule has 2 saturated heterocycles. The molecule has 2 unspecified atom stereocenters. The summed E-state index contributed by atoms with van der Waals surface area (Å²) in [6.07, 6.45) is 2.65. The molecule has 0 radical (unpaired) electrons. The van der Waals surface area contributed by atoms with E-state index in [2.05, 4.69) is 44.4 Å². The number of aliphatic hydroxyl groups is 1. The van der Waals surface area contributed by atoms with Crippen LogP contribution in [0.2, 0.25) is 0 Å². The lowest BCUT2D eigenvalue weighted by Gasteiger charge is -2.39. The number of hydrogen-bond acceptors (Lipinski definition) is 8. The maximum Gasteiger partial charge on any atom is 0.223 e. The number of pyridine rings is 1. The largest absolute Gasteiger partial charge is 0.378 e. The zero-order valence-corrected chi connectivity index (χ0v) is 26.9. The monoisotopic (exact) mass is 639 g/mol. The number of carbonyl (C=O) groups is 1. The minimum Gasteiger partial charge on any atom is -0.378 e. The van der Waals surface area contributed by atoms with Gasteiger partial charge in [0.25, 0.3) is 0 Å². The maximum absolute atomic E-state index is 13.5. The topological polar surface area (TPSA) is 80.5 Å². The van der Waals surface area contributed by atoms with Gasteiger partial charge in [-0.05, 0) is 48.4 Å². The van der Waals surface area contributed by atoms with E-state index >= 15 is 0 Å². The van der Waals surface area contributed by atoms with Gasteiger partial charge < -0.3 is 19.8 Å². The van der Waals surface area contributed by atoms with E-state index in [0.29, 0.717) is 32.6 Å². The second kappa shape index (κ2) is 12.8. The standard InChI is InChI=1S/C35H38FN7O2S/c1-3-29-33(39(2)35-38-30(23-46-35)25-9-11-27(36)12-10-25)43-22-28(13-14-31(43)37-29)40-15-17-41(18-16-40)34(45)26-19-32(44)42(21-26)20-24-7-5-4-6-8-24/h4-14,22-23,26,34,45H,3,15-21H2,1-2H3. The van der Waals surface area contributed by atoms with E-state index in [1.807, 2.05) is 47.7 Å². The van der Waals surface area contributed by atoms with Gasteiger partial charge in [-0.25, -0.2) is 14.4 Å². The average molecular weight is 640 g/mol. The van der Waals surface area contributed by atoms with Crippen molar-refractivity contribution in [1.29, 1.82) is 0 Å². The number of imidazole rings is 1. The quantitative estimate of drug-likeness (QED) is 0.231. The molecule has 1 N–H and O–H groups in total. The van der Waals surface area contributed by atoms with Crippen molar-refractivity contribution in [3.05, 3.63) is 95.4 Å². The number of hydrogen-bond donors (Lipinski definition) is 1. The van der Waals surface area contributed by atoms with Crippen molar-refractivity contribution < 1.29 is 14.3 Å². The van der Waals surface area contributed by atoms with Crippen molar-refractivity contribution in [2.45, 2.75) is 32.5 Å². The van der Waals surface area contributed by atoms with Crippen molar-refractivity contribution in [1.82, 2.24) is 24.2 Å². The molecule has 1 amide bonds. The number of amides is 1. The van der Waals surface area contributed by atoms with Gasteiger partial charge in [0, 0.05) is 75.8 Å². The van der Waals surface area contributed by atoms with Gasteiger partial charge in [0.05, 0.1) is 17.1 Å². The van der Waals surface area contributed by atoms with E-state index in [-0.39, 0.29) is 17.6 Å². The summed E-state index contributed by atoms with van der Waals surface area (Å²) in [5.74, 6) is 0.723. The molecule has 2 aliphatic rings. The van der Waals surface area contributed by atoms with E-state index < -0.39 is 6.23 Å². The van der Waals surface area contributed by atoms with E-state index in [1.165, 1.54) is 12.1 Å². The lowest BCUT2D eigenvalue weighted by atomic mass is 10.1. The Bertz CT molecular complexity index is 1820. The Morgan fingerprint density at radius 2 is 1.78 bits per heavy atom. The van der Waals surface area contributed by atoms with Crippen LogP contribution in [0.15, 0.2) is 78.3 Å². The van der Waals surface area contributed by atoms with Gasteiger partial charge in [0.2, 0.25) is 5.91 Å². The maximum atomic E-state index is 13.5. The predicted octanol–water partition coefficient (Wildman–Crippen LogP) is 5.42. The van der Waals surface area contributed by atoms with E-state index in [1.54, 1.807) is 23.5 Å². The first-order valence-corrected chi connectivity index (χ1v) is 16.7. The van der Waals surface area contributed by atoms with Crippen molar-refractivity contribution in [3.8, 4) is 11.3 Å². The van der Waals surface area contributed by atoms with Gasteiger partial charge in [0.15, 0.2) is 5.13 Å². The second-order valence-corrected chi connectivity index (χ2v) is 12.9. The fraction of sp³-hybridized carbons (Fsp3) is 0.343. The molecule has 9 nitrogen and oxygen atoms in total. The highest BCUT2D eigenvalue weighted by molar-refractivity contribution is 7.14. The number of nitrogens with zero attached hydrogens (tertiary/aromatic N) is 7. The van der Waals surface area contributed by atoms with Crippen LogP contribution in [0.25, 0.3) is 16.9 Å². The van der Waals surface area contributed by atoms with E-state index in [9.17, 15) is 14.3 Å². The van der Waals surface area contributed by atoms with Crippen molar-refractivity contribution in [3.63, 3.8) is 0 Å². The summed E-state index contributed by atoms with van der Waals surface area (Å²) in [6, 6.07) is 20.6. The first-order chi connectivity index (χ1) is 22.4. The molecule has 0 spiro atoms. The first-order valence-electron chi connectivity index (χ1n) is 15.8. The molecule has 11 heteroatoms. The lowest BCUT2D eigenvalue weighted by molar-refractivity contribution is -0.128. The summed E-state index contributed by atoms with van der Waals surface area (Å²) >= 11 is 1.54. The molecular weight excluding hydrogens is 601 g/mol. The minimum absolute atomic E-state index is 0.0925. The van der Waals surface area contributed by atoms with Crippen molar-refractivity contribution >= 4 is 39.5 Å². The van der Waals surface area contributed by atoms with Crippen LogP contribution in [0, 0.1) is 11.7 Å². The highest BCUT2D eigenvalue weighted by Gasteiger charge is 2.37. The van der Waals surface area contributed by atoms with Crippen molar-refractivity contribution in [2.75, 3.05) is 49.6 Å². The zero-order valence-electron chi connectivity index (χ0n) is 26.1. The lowest BCUT2D eigenvalue weighted by Crippen LogP contribution is -2.52. The number of carbonyl (C=O) groups excluding carboxylic acids is 1. The number of aromatic nitrogens is 3. The van der Waals surface area contributed by atoms with Crippen LogP contribution in [0.1, 0.15) is 24.6 Å². The summed E-state index contributed by atoms with van der Waals surface area (Å²) in [5, 5.41) is 14.1. The molecule has 2 aromatic carbocycles. The number of piperazine rings is 1. The smallest absolute Gasteiger partial charge is 0.223 e. The number of rotatable bonds is 9. The Kier molecular flexibility index (Phi) is 8.46. The molecule has 0 saturated carbocycles. The number of thiazole rings is 1. The molecule has 2 atom stereocenters. The average Bonchev–Trinajstić information content (AvgIpc) is 3.82. The molecule has 0 aliphatic carbocycles. The molecule has 0 bridgehead atoms. The van der Waals surface area contributed by atoms with Crippen LogP contribution >= 0.6 is 11.3 Å². The molecule has 5 aromatic rings. The first kappa shape index (κ1) is 30.3. The Morgan fingerprint density at radius 3 is 2.52 bits per heavy atom. The van der Waals surface area contributed by atoms with E-state index in [0.717, 1.165) is 64.3 Å². The zero-order chi connectivity index (χ0) is 31.8. The Hall–Kier alpha value is -4.32. The minimum atomic E-state index is -0.645. The van der Waals surface area contributed by atoms with Gasteiger partial charge >= 0.3 is 0 Å². The molecule has 5 heterocycles. The fourth-order valence-electron chi connectivity index (χ4n) is 6.61. The van der Waals surface area contributed by atoms with Crippen LogP contribution < -0.4 is 9.80 Å². The fourth-order valence-corrected chi connectivity index (χ4v) is 7.41. The van der Waals surface area contributed by atoms with Gasteiger partial charge in [-0.3, -0.25) is 14.1 Å². The number of fused-ring (bicyclic) bond motifs is 1. The van der Waals surface area contributed by atoms with Crippen LogP contribution in [0.3, 0.4) is 0 Å². The molecule has 46 heavy (non-hydrogen) atoms. The summed E-state index contributed by atoms with van der Waals surface area (Å²) in [5.41, 5.74) is 5.74. The molecule has 3 aromatic heterocycles. The number of halogens is 1. The third-order valence-electron chi connectivity index (χ3n) is 9.15. The number of benzene rings is 2. The number of likely N-dealkylation sites (tertiary alicyclic amines) is 1. The molecular formula is C35H38FN7O2S. The third-order valence-corrected chi connectivity index (χ3v) is 10.1. The number of aryl methyl sites for hydroxylation is 1. The normalized spacial score (nSPS) is 18.1. The van der Waals surface area contributed by atoms with E-state index in [4.69, 9.17) is 9.97 Å². The second-order valence-electron chi connectivity index (χ2n) is 12.1. The molecule has 2 aliphatic heterocycles. The number of anilines is 3. The molecule has 7 rings (SSSR count). The molecule has 238 valence electrons. The van der Waals surface area contributed by atoms with Crippen LogP contribution in [-0.4, -0.2) is 81.2 Å². The SMILES string of the molecule is CCc1nc2ccc(N3CCN(C(O)C4CC(=O)N(Cc5ccccc5)C4)CC3)cn2c1N(C)c1nc(-c2ccc(F)cc2)cs1. The van der Waals surface area contributed by atoms with Gasteiger partial charge in [-0.2, -0.15) is 0 Å².